The summed E-state index contributed by atoms with van der Waals surface area (Å²) in [5.41, 5.74) is 9.80. The molecule has 15 heteroatoms. The standard InChI is InChI=1S/C18H6F8N6O/c1-5(4-7-11(21)15(25)18(30-32-28)16(26)12(7)22)8(33)3-2-6-9(19)13(23)17(29-31-27)14(24)10(6)20/h2-4H,1H3/b3-2+,5-4+. The lowest BCUT2D eigenvalue weighted by Gasteiger charge is -2.07. The second-order valence-corrected chi connectivity index (χ2v) is 5.94. The molecule has 170 valence electrons. The molecular formula is C18H6F8N6O. The van der Waals surface area contributed by atoms with Gasteiger partial charge < -0.3 is 0 Å². The number of carbonyl (C=O) groups is 1. The van der Waals surface area contributed by atoms with E-state index < -0.39 is 80.4 Å². The highest BCUT2D eigenvalue weighted by molar-refractivity contribution is 6.08. The summed E-state index contributed by atoms with van der Waals surface area (Å²) >= 11 is 0. The summed E-state index contributed by atoms with van der Waals surface area (Å²) in [6.07, 6.45) is 0.952. The minimum Gasteiger partial charge on any atom is -0.290 e. The SMILES string of the molecule is C/C(=C\c1c(F)c(F)c(N=[N+]=[N-])c(F)c1F)C(=O)/C=C/c1c(F)c(F)c(N=[N+]=[N-])c(F)c1F. The molecule has 0 aliphatic carbocycles. The van der Waals surface area contributed by atoms with Gasteiger partial charge in [-0.1, -0.05) is 10.2 Å². The average Bonchev–Trinajstić information content (AvgIpc) is 2.79. The Kier molecular flexibility index (Phi) is 7.44. The van der Waals surface area contributed by atoms with Gasteiger partial charge in [0.25, 0.3) is 0 Å². The van der Waals surface area contributed by atoms with E-state index in [1.165, 1.54) is 0 Å². The molecule has 0 amide bonds. The minimum absolute atomic E-state index is 0.273. The first-order chi connectivity index (χ1) is 15.5. The Labute approximate surface area is 177 Å². The number of rotatable bonds is 6. The number of nitrogens with zero attached hydrogens (tertiary/aromatic N) is 6. The molecule has 0 bridgehead atoms. The molecule has 0 radical (unpaired) electrons. The second-order valence-electron chi connectivity index (χ2n) is 5.94. The smallest absolute Gasteiger partial charge is 0.181 e. The molecule has 0 N–H and O–H groups in total. The first-order valence-electron chi connectivity index (χ1n) is 8.20. The third-order valence-electron chi connectivity index (χ3n) is 3.99. The number of hydrogen-bond acceptors (Lipinski definition) is 3. The molecule has 0 unspecified atom stereocenters. The van der Waals surface area contributed by atoms with Gasteiger partial charge >= 0.3 is 0 Å². The number of allylic oxidation sites excluding steroid dienone is 2. The second kappa shape index (κ2) is 9.85. The van der Waals surface area contributed by atoms with Gasteiger partial charge in [-0.25, -0.2) is 35.1 Å². The van der Waals surface area contributed by atoms with Crippen LogP contribution < -0.4 is 0 Å². The molecular weight excluding hydrogens is 468 g/mol. The summed E-state index contributed by atoms with van der Waals surface area (Å²) in [6, 6.07) is 0. The number of benzene rings is 2. The van der Waals surface area contributed by atoms with Crippen LogP contribution in [0.1, 0.15) is 18.1 Å². The summed E-state index contributed by atoms with van der Waals surface area (Å²) in [4.78, 5) is 16.1. The van der Waals surface area contributed by atoms with Crippen molar-refractivity contribution >= 4 is 29.3 Å². The van der Waals surface area contributed by atoms with Crippen LogP contribution in [0.2, 0.25) is 0 Å². The fourth-order valence-electron chi connectivity index (χ4n) is 2.39. The predicted octanol–water partition coefficient (Wildman–Crippen LogP) is 7.37. The van der Waals surface area contributed by atoms with Crippen LogP contribution in [-0.4, -0.2) is 5.78 Å². The Hall–Kier alpha value is -4.35. The molecule has 0 atom stereocenters. The Morgan fingerprint density at radius 3 is 1.42 bits per heavy atom. The quantitative estimate of drug-likeness (QED) is 0.107. The molecule has 0 saturated carbocycles. The van der Waals surface area contributed by atoms with Crippen LogP contribution in [0.5, 0.6) is 0 Å². The Morgan fingerprint density at radius 2 is 1.06 bits per heavy atom. The van der Waals surface area contributed by atoms with Crippen LogP contribution in [-0.2, 0) is 4.79 Å². The summed E-state index contributed by atoms with van der Waals surface area (Å²) in [5.74, 6) is -17.5. The van der Waals surface area contributed by atoms with Gasteiger partial charge in [0.05, 0.1) is 11.1 Å². The maximum absolute atomic E-state index is 14.0. The van der Waals surface area contributed by atoms with Crippen molar-refractivity contribution in [2.75, 3.05) is 0 Å². The van der Waals surface area contributed by atoms with Crippen molar-refractivity contribution in [1.82, 2.24) is 0 Å². The van der Waals surface area contributed by atoms with Gasteiger partial charge in [-0.2, -0.15) is 0 Å². The molecule has 33 heavy (non-hydrogen) atoms. The number of ketones is 1. The van der Waals surface area contributed by atoms with Crippen molar-refractivity contribution in [3.8, 4) is 0 Å². The van der Waals surface area contributed by atoms with Gasteiger partial charge in [0.2, 0.25) is 0 Å². The highest BCUT2D eigenvalue weighted by Crippen LogP contribution is 2.33. The van der Waals surface area contributed by atoms with Gasteiger partial charge in [0.15, 0.2) is 52.3 Å². The van der Waals surface area contributed by atoms with Gasteiger partial charge in [-0.15, -0.1) is 0 Å². The number of azide groups is 2. The molecule has 0 fully saturated rings. The lowest BCUT2D eigenvalue weighted by atomic mass is 10.0. The van der Waals surface area contributed by atoms with Crippen molar-refractivity contribution in [3.63, 3.8) is 0 Å². The van der Waals surface area contributed by atoms with Gasteiger partial charge in [0, 0.05) is 9.82 Å². The molecule has 7 nitrogen and oxygen atoms in total. The van der Waals surface area contributed by atoms with E-state index in [9.17, 15) is 39.9 Å². The fraction of sp³-hybridized carbons (Fsp3) is 0.0556. The molecule has 2 aromatic rings. The number of halogens is 8. The lowest BCUT2D eigenvalue weighted by molar-refractivity contribution is -0.111. The summed E-state index contributed by atoms with van der Waals surface area (Å²) in [5, 5.41) is 4.97. The van der Waals surface area contributed by atoms with Crippen molar-refractivity contribution in [1.29, 1.82) is 0 Å². The van der Waals surface area contributed by atoms with Crippen LogP contribution in [0.15, 0.2) is 21.9 Å². The highest BCUT2D eigenvalue weighted by atomic mass is 19.2. The largest absolute Gasteiger partial charge is 0.290 e. The molecule has 0 spiro atoms. The maximum Gasteiger partial charge on any atom is 0.181 e. The van der Waals surface area contributed by atoms with Crippen molar-refractivity contribution in [2.24, 2.45) is 10.2 Å². The van der Waals surface area contributed by atoms with Crippen LogP contribution >= 0.6 is 0 Å². The average molecular weight is 474 g/mol. The van der Waals surface area contributed by atoms with E-state index in [2.05, 4.69) is 10.2 Å². The van der Waals surface area contributed by atoms with Crippen LogP contribution in [0, 0.1) is 46.5 Å². The minimum atomic E-state index is -2.05. The molecule has 0 aliphatic heterocycles. The first kappa shape index (κ1) is 24.9. The summed E-state index contributed by atoms with van der Waals surface area (Å²) in [6.45, 7) is 0.890. The third kappa shape index (κ3) is 4.63. The molecule has 2 rings (SSSR count). The molecule has 0 heterocycles. The van der Waals surface area contributed by atoms with E-state index in [-0.39, 0.29) is 6.08 Å². The normalized spacial score (nSPS) is 11.4. The van der Waals surface area contributed by atoms with Crippen molar-refractivity contribution in [3.05, 3.63) is 90.2 Å². The molecule has 0 aliphatic rings. The lowest BCUT2D eigenvalue weighted by Crippen LogP contribution is -2.03. The number of carbonyl (C=O) groups excluding carboxylic acids is 1. The Morgan fingerprint density at radius 1 is 0.697 bits per heavy atom. The maximum atomic E-state index is 14.0. The van der Waals surface area contributed by atoms with E-state index in [4.69, 9.17) is 11.1 Å². The Balaban J connectivity index is 2.52. The zero-order chi connectivity index (χ0) is 25.0. The molecule has 0 aromatic heterocycles. The van der Waals surface area contributed by atoms with E-state index in [0.29, 0.717) is 12.2 Å². The Bertz CT molecular complexity index is 1280. The van der Waals surface area contributed by atoms with Crippen LogP contribution in [0.4, 0.5) is 46.5 Å². The van der Waals surface area contributed by atoms with E-state index >= 15 is 0 Å². The van der Waals surface area contributed by atoms with Gasteiger partial charge in [-0.05, 0) is 41.8 Å². The van der Waals surface area contributed by atoms with E-state index in [1.807, 2.05) is 9.82 Å². The zero-order valence-corrected chi connectivity index (χ0v) is 15.8. The zero-order valence-electron chi connectivity index (χ0n) is 15.8. The van der Waals surface area contributed by atoms with Crippen molar-refractivity contribution in [2.45, 2.75) is 6.92 Å². The van der Waals surface area contributed by atoms with Crippen LogP contribution in [0.25, 0.3) is 33.0 Å². The summed E-state index contributed by atoms with van der Waals surface area (Å²) < 4.78 is 111. The molecule has 0 saturated heterocycles. The van der Waals surface area contributed by atoms with E-state index in [1.54, 1.807) is 0 Å². The fourth-order valence-corrected chi connectivity index (χ4v) is 2.39. The topological polar surface area (TPSA) is 115 Å². The highest BCUT2D eigenvalue weighted by Gasteiger charge is 2.25. The van der Waals surface area contributed by atoms with Crippen molar-refractivity contribution < 1.29 is 39.9 Å². The van der Waals surface area contributed by atoms with Gasteiger partial charge in [0.1, 0.15) is 11.4 Å². The summed E-state index contributed by atoms with van der Waals surface area (Å²) in [7, 11) is 0. The molecule has 2 aromatic carbocycles. The number of hydrogen-bond donors (Lipinski definition) is 0. The van der Waals surface area contributed by atoms with Crippen LogP contribution in [0.3, 0.4) is 0 Å². The predicted molar refractivity (Wildman–Crippen MR) is 97.9 cm³/mol. The van der Waals surface area contributed by atoms with E-state index in [0.717, 1.165) is 6.92 Å². The monoisotopic (exact) mass is 474 g/mol. The third-order valence-corrected chi connectivity index (χ3v) is 3.99. The van der Waals surface area contributed by atoms with Gasteiger partial charge in [-0.3, -0.25) is 4.79 Å². The first-order valence-corrected chi connectivity index (χ1v) is 8.20.